The van der Waals surface area contributed by atoms with E-state index in [1.165, 1.54) is 0 Å². The first-order chi connectivity index (χ1) is 13.7. The Bertz CT molecular complexity index is 828. The monoisotopic (exact) mass is 381 g/mol. The Labute approximate surface area is 165 Å². The summed E-state index contributed by atoms with van der Waals surface area (Å²) >= 11 is 0. The molecule has 2 fully saturated rings. The van der Waals surface area contributed by atoms with Crippen LogP contribution in [0.25, 0.3) is 0 Å². The van der Waals surface area contributed by atoms with Gasteiger partial charge < -0.3 is 20.2 Å². The Morgan fingerprint density at radius 3 is 2.93 bits per heavy atom. The van der Waals surface area contributed by atoms with Crippen LogP contribution in [0.5, 0.6) is 0 Å². The average Bonchev–Trinajstić information content (AvgIpc) is 3.18. The van der Waals surface area contributed by atoms with E-state index >= 15 is 0 Å². The van der Waals surface area contributed by atoms with Crippen molar-refractivity contribution in [3.63, 3.8) is 0 Å². The summed E-state index contributed by atoms with van der Waals surface area (Å²) in [5.74, 6) is 2.19. The van der Waals surface area contributed by atoms with Gasteiger partial charge in [-0.25, -0.2) is 9.97 Å². The summed E-state index contributed by atoms with van der Waals surface area (Å²) in [6.07, 6.45) is 5.29. The van der Waals surface area contributed by atoms with Crippen molar-refractivity contribution in [2.45, 2.75) is 32.2 Å². The van der Waals surface area contributed by atoms with Gasteiger partial charge in [-0.3, -0.25) is 4.79 Å². The van der Waals surface area contributed by atoms with Crippen LogP contribution in [0.2, 0.25) is 0 Å². The number of carbonyl (C=O) groups excluding carboxylic acids is 1. The van der Waals surface area contributed by atoms with E-state index in [2.05, 4.69) is 32.3 Å². The van der Waals surface area contributed by atoms with Crippen LogP contribution in [0.4, 0.5) is 17.3 Å². The summed E-state index contributed by atoms with van der Waals surface area (Å²) in [4.78, 5) is 24.8. The van der Waals surface area contributed by atoms with Crippen LogP contribution in [0.3, 0.4) is 0 Å². The quantitative estimate of drug-likeness (QED) is 0.800. The predicted molar refractivity (Wildman–Crippen MR) is 109 cm³/mol. The SMILES string of the molecule is O=C1CCCN1c1cccc(CNc2cc(N3CCCC(CO)C3)ncn2)c1. The summed E-state index contributed by atoms with van der Waals surface area (Å²) in [7, 11) is 0. The number of hydrogen-bond acceptors (Lipinski definition) is 6. The molecule has 1 aromatic heterocycles. The molecule has 28 heavy (non-hydrogen) atoms. The van der Waals surface area contributed by atoms with Gasteiger partial charge in [0.25, 0.3) is 0 Å². The van der Waals surface area contributed by atoms with Gasteiger partial charge in [-0.1, -0.05) is 12.1 Å². The van der Waals surface area contributed by atoms with Gasteiger partial charge in [0.15, 0.2) is 0 Å². The number of rotatable bonds is 6. The van der Waals surface area contributed by atoms with Crippen molar-refractivity contribution in [1.29, 1.82) is 0 Å². The van der Waals surface area contributed by atoms with Crippen molar-refractivity contribution in [3.8, 4) is 0 Å². The first-order valence-corrected chi connectivity index (χ1v) is 10.0. The van der Waals surface area contributed by atoms with Crippen LogP contribution < -0.4 is 15.1 Å². The largest absolute Gasteiger partial charge is 0.396 e. The number of carbonyl (C=O) groups is 1. The Morgan fingerprint density at radius 1 is 1.18 bits per heavy atom. The Kier molecular flexibility index (Phi) is 5.71. The molecule has 0 bridgehead atoms. The van der Waals surface area contributed by atoms with E-state index in [9.17, 15) is 9.90 Å². The highest BCUT2D eigenvalue weighted by Crippen LogP contribution is 2.24. The molecule has 0 radical (unpaired) electrons. The Morgan fingerprint density at radius 2 is 2.11 bits per heavy atom. The molecule has 2 aliphatic heterocycles. The van der Waals surface area contributed by atoms with Gasteiger partial charge in [-0.2, -0.15) is 0 Å². The smallest absolute Gasteiger partial charge is 0.227 e. The van der Waals surface area contributed by atoms with Crippen molar-refractivity contribution in [2.75, 3.05) is 41.4 Å². The zero-order chi connectivity index (χ0) is 19.3. The minimum absolute atomic E-state index is 0.202. The minimum atomic E-state index is 0.202. The van der Waals surface area contributed by atoms with Gasteiger partial charge in [0.1, 0.15) is 18.0 Å². The highest BCUT2D eigenvalue weighted by atomic mass is 16.3. The third-order valence-electron chi connectivity index (χ3n) is 5.52. The Hall–Kier alpha value is -2.67. The molecule has 1 unspecified atom stereocenters. The van der Waals surface area contributed by atoms with Crippen LogP contribution in [0.15, 0.2) is 36.7 Å². The fourth-order valence-electron chi connectivity index (χ4n) is 3.99. The minimum Gasteiger partial charge on any atom is -0.396 e. The molecule has 7 nitrogen and oxygen atoms in total. The summed E-state index contributed by atoms with van der Waals surface area (Å²) in [6.45, 7) is 3.45. The molecule has 0 spiro atoms. The lowest BCUT2D eigenvalue weighted by atomic mass is 9.99. The van der Waals surface area contributed by atoms with Gasteiger partial charge in [0, 0.05) is 51.0 Å². The summed E-state index contributed by atoms with van der Waals surface area (Å²) in [5.41, 5.74) is 2.07. The molecule has 148 valence electrons. The van der Waals surface area contributed by atoms with E-state index in [1.54, 1.807) is 6.33 Å². The van der Waals surface area contributed by atoms with Gasteiger partial charge in [-0.15, -0.1) is 0 Å². The maximum atomic E-state index is 12.0. The second-order valence-electron chi connectivity index (χ2n) is 7.57. The molecule has 3 heterocycles. The number of nitrogens with zero attached hydrogens (tertiary/aromatic N) is 4. The lowest BCUT2D eigenvalue weighted by Crippen LogP contribution is -2.37. The van der Waals surface area contributed by atoms with Crippen molar-refractivity contribution < 1.29 is 9.90 Å². The maximum absolute atomic E-state index is 12.0. The molecule has 0 saturated carbocycles. The van der Waals surface area contributed by atoms with Crippen LogP contribution in [-0.4, -0.2) is 47.2 Å². The molecular weight excluding hydrogens is 354 g/mol. The molecule has 0 aliphatic carbocycles. The number of anilines is 3. The molecule has 1 amide bonds. The number of aromatic nitrogens is 2. The standard InChI is InChI=1S/C21H27N5O2/c27-14-17-5-2-8-25(13-17)20-11-19(23-15-24-20)22-12-16-4-1-6-18(10-16)26-9-3-7-21(26)28/h1,4,6,10-11,15,17,27H,2-3,5,7-9,12-14H2,(H,22,23,24). The van der Waals surface area contributed by atoms with Gasteiger partial charge in [-0.05, 0) is 42.9 Å². The molecule has 4 rings (SSSR count). The van der Waals surface area contributed by atoms with E-state index in [0.717, 1.165) is 61.8 Å². The van der Waals surface area contributed by atoms with Crippen LogP contribution in [0, 0.1) is 5.92 Å². The first-order valence-electron chi connectivity index (χ1n) is 10.0. The highest BCUT2D eigenvalue weighted by molar-refractivity contribution is 5.95. The summed E-state index contributed by atoms with van der Waals surface area (Å²) in [5, 5.41) is 12.8. The first kappa shape index (κ1) is 18.7. The molecule has 2 N–H and O–H groups in total. The fourth-order valence-corrected chi connectivity index (χ4v) is 3.99. The second-order valence-corrected chi connectivity index (χ2v) is 7.57. The number of nitrogens with one attached hydrogen (secondary N) is 1. The Balaban J connectivity index is 1.41. The normalized spacial score (nSPS) is 19.9. The molecular formula is C21H27N5O2. The molecule has 2 aromatic rings. The fraction of sp³-hybridized carbons (Fsp3) is 0.476. The third kappa shape index (κ3) is 4.25. The number of aliphatic hydroxyl groups is 1. The number of amides is 1. The lowest BCUT2D eigenvalue weighted by Gasteiger charge is -2.32. The number of aliphatic hydroxyl groups excluding tert-OH is 1. The van der Waals surface area contributed by atoms with Gasteiger partial charge >= 0.3 is 0 Å². The summed E-state index contributed by atoms with van der Waals surface area (Å²) in [6, 6.07) is 10.1. The average molecular weight is 381 g/mol. The van der Waals surface area contributed by atoms with E-state index in [4.69, 9.17) is 0 Å². The summed E-state index contributed by atoms with van der Waals surface area (Å²) < 4.78 is 0. The molecule has 2 saturated heterocycles. The zero-order valence-corrected chi connectivity index (χ0v) is 16.0. The van der Waals surface area contributed by atoms with Crippen LogP contribution >= 0.6 is 0 Å². The van der Waals surface area contributed by atoms with Crippen LogP contribution in [0.1, 0.15) is 31.2 Å². The number of benzene rings is 1. The van der Waals surface area contributed by atoms with E-state index in [1.807, 2.05) is 23.1 Å². The van der Waals surface area contributed by atoms with Crippen molar-refractivity contribution in [3.05, 3.63) is 42.2 Å². The van der Waals surface area contributed by atoms with E-state index < -0.39 is 0 Å². The molecule has 7 heteroatoms. The topological polar surface area (TPSA) is 81.6 Å². The van der Waals surface area contributed by atoms with Crippen molar-refractivity contribution >= 4 is 23.2 Å². The van der Waals surface area contributed by atoms with Gasteiger partial charge in [0.2, 0.25) is 5.91 Å². The van der Waals surface area contributed by atoms with Gasteiger partial charge in [0.05, 0.1) is 0 Å². The van der Waals surface area contributed by atoms with Crippen molar-refractivity contribution in [2.24, 2.45) is 5.92 Å². The molecule has 2 aliphatic rings. The van der Waals surface area contributed by atoms with E-state index in [-0.39, 0.29) is 12.5 Å². The van der Waals surface area contributed by atoms with E-state index in [0.29, 0.717) is 18.9 Å². The number of piperidine rings is 1. The van der Waals surface area contributed by atoms with Crippen molar-refractivity contribution in [1.82, 2.24) is 9.97 Å². The number of hydrogen-bond donors (Lipinski definition) is 2. The third-order valence-corrected chi connectivity index (χ3v) is 5.52. The van der Waals surface area contributed by atoms with Crippen LogP contribution in [-0.2, 0) is 11.3 Å². The molecule has 1 atom stereocenters. The zero-order valence-electron chi connectivity index (χ0n) is 16.0. The highest BCUT2D eigenvalue weighted by Gasteiger charge is 2.22. The maximum Gasteiger partial charge on any atom is 0.227 e. The molecule has 1 aromatic carbocycles. The second kappa shape index (κ2) is 8.56. The predicted octanol–water partition coefficient (Wildman–Crippen LogP) is 2.42. The lowest BCUT2D eigenvalue weighted by molar-refractivity contribution is -0.117.